The molecule has 1 aliphatic heterocycles. The van der Waals surface area contributed by atoms with Crippen molar-refractivity contribution < 1.29 is 14.3 Å². The molecule has 1 aliphatic rings. The summed E-state index contributed by atoms with van der Waals surface area (Å²) < 4.78 is 5.36. The number of hydrogen-bond donors (Lipinski definition) is 2. The van der Waals surface area contributed by atoms with Gasteiger partial charge in [-0.3, -0.25) is 14.6 Å². The van der Waals surface area contributed by atoms with Gasteiger partial charge in [0.15, 0.2) is 0 Å². The molecular weight excluding hydrogens is 246 g/mol. The van der Waals surface area contributed by atoms with Gasteiger partial charge in [0.2, 0.25) is 0 Å². The first kappa shape index (κ1) is 13.5. The van der Waals surface area contributed by atoms with Crippen molar-refractivity contribution in [1.29, 1.82) is 0 Å². The summed E-state index contributed by atoms with van der Waals surface area (Å²) in [4.78, 5) is 26.9. The van der Waals surface area contributed by atoms with Crippen molar-refractivity contribution in [2.45, 2.75) is 25.5 Å². The Morgan fingerprint density at radius 2 is 2.00 bits per heavy atom. The van der Waals surface area contributed by atoms with E-state index in [4.69, 9.17) is 4.74 Å². The second-order valence-electron chi connectivity index (χ2n) is 4.38. The molecule has 19 heavy (non-hydrogen) atoms. The van der Waals surface area contributed by atoms with E-state index in [1.165, 1.54) is 0 Å². The first-order valence-electron chi connectivity index (χ1n) is 6.32. The molecule has 1 atom stereocenters. The van der Waals surface area contributed by atoms with Crippen LogP contribution in [0, 0.1) is 0 Å². The Bertz CT molecular complexity index is 430. The van der Waals surface area contributed by atoms with Crippen molar-refractivity contribution in [3.05, 3.63) is 30.1 Å². The standard InChI is InChI=1S/C13H17N3O3/c17-12(15-8-10-3-5-14-6-4-10)13(18)16-9-11-2-1-7-19-11/h3-6,11H,1-2,7-9H2,(H,15,17)(H,16,18)/t11-/m1/s1. The number of nitrogens with one attached hydrogen (secondary N) is 2. The molecule has 1 aromatic rings. The molecular formula is C13H17N3O3. The van der Waals surface area contributed by atoms with E-state index in [9.17, 15) is 9.59 Å². The molecule has 0 saturated carbocycles. The van der Waals surface area contributed by atoms with Gasteiger partial charge in [-0.15, -0.1) is 0 Å². The molecule has 2 amide bonds. The molecule has 6 heteroatoms. The number of ether oxygens (including phenoxy) is 1. The van der Waals surface area contributed by atoms with Crippen LogP contribution < -0.4 is 10.6 Å². The molecule has 0 radical (unpaired) electrons. The van der Waals surface area contributed by atoms with Gasteiger partial charge < -0.3 is 15.4 Å². The van der Waals surface area contributed by atoms with E-state index in [2.05, 4.69) is 15.6 Å². The van der Waals surface area contributed by atoms with E-state index >= 15 is 0 Å². The van der Waals surface area contributed by atoms with Crippen LogP contribution in [0.1, 0.15) is 18.4 Å². The van der Waals surface area contributed by atoms with Crippen LogP contribution in [0.25, 0.3) is 0 Å². The Morgan fingerprint density at radius 3 is 2.68 bits per heavy atom. The Hall–Kier alpha value is -1.95. The number of carbonyl (C=O) groups excluding carboxylic acids is 2. The monoisotopic (exact) mass is 263 g/mol. The molecule has 0 aliphatic carbocycles. The van der Waals surface area contributed by atoms with Crippen LogP contribution in [0.15, 0.2) is 24.5 Å². The van der Waals surface area contributed by atoms with Crippen molar-refractivity contribution >= 4 is 11.8 Å². The van der Waals surface area contributed by atoms with E-state index in [0.717, 1.165) is 25.0 Å². The number of rotatable bonds is 4. The van der Waals surface area contributed by atoms with Crippen LogP contribution in [0.3, 0.4) is 0 Å². The smallest absolute Gasteiger partial charge is 0.309 e. The number of nitrogens with zero attached hydrogens (tertiary/aromatic N) is 1. The quantitative estimate of drug-likeness (QED) is 0.749. The number of aromatic nitrogens is 1. The third-order valence-corrected chi connectivity index (χ3v) is 2.92. The van der Waals surface area contributed by atoms with Gasteiger partial charge in [-0.05, 0) is 30.5 Å². The zero-order valence-corrected chi connectivity index (χ0v) is 10.6. The van der Waals surface area contributed by atoms with Gasteiger partial charge in [0.1, 0.15) is 0 Å². The van der Waals surface area contributed by atoms with Crippen molar-refractivity contribution in [1.82, 2.24) is 15.6 Å². The molecule has 2 N–H and O–H groups in total. The van der Waals surface area contributed by atoms with Crippen LogP contribution in [-0.2, 0) is 20.9 Å². The molecule has 1 aromatic heterocycles. The predicted octanol–water partition coefficient (Wildman–Crippen LogP) is -0.00700. The summed E-state index contributed by atoms with van der Waals surface area (Å²) in [5.74, 6) is -1.25. The summed E-state index contributed by atoms with van der Waals surface area (Å²) in [6.07, 6.45) is 5.25. The summed E-state index contributed by atoms with van der Waals surface area (Å²) >= 11 is 0. The topological polar surface area (TPSA) is 80.3 Å². The molecule has 0 unspecified atom stereocenters. The fourth-order valence-corrected chi connectivity index (χ4v) is 1.86. The van der Waals surface area contributed by atoms with Crippen molar-refractivity contribution in [2.24, 2.45) is 0 Å². The highest BCUT2D eigenvalue weighted by Gasteiger charge is 2.18. The second kappa shape index (κ2) is 6.84. The predicted molar refractivity (Wildman–Crippen MR) is 68.1 cm³/mol. The average Bonchev–Trinajstić information content (AvgIpc) is 2.96. The zero-order chi connectivity index (χ0) is 13.5. The Balaban J connectivity index is 1.68. The highest BCUT2D eigenvalue weighted by Crippen LogP contribution is 2.10. The summed E-state index contributed by atoms with van der Waals surface area (Å²) in [5.41, 5.74) is 0.898. The molecule has 1 fully saturated rings. The van der Waals surface area contributed by atoms with E-state index in [0.29, 0.717) is 13.1 Å². The fraction of sp³-hybridized carbons (Fsp3) is 0.462. The normalized spacial score (nSPS) is 18.0. The molecule has 2 heterocycles. The second-order valence-corrected chi connectivity index (χ2v) is 4.38. The maximum atomic E-state index is 11.5. The Labute approximate surface area is 111 Å². The summed E-state index contributed by atoms with van der Waals surface area (Å²) in [6.45, 7) is 1.44. The number of pyridine rings is 1. The summed E-state index contributed by atoms with van der Waals surface area (Å²) in [5, 5.41) is 5.13. The molecule has 0 spiro atoms. The number of amides is 2. The lowest BCUT2D eigenvalue weighted by Gasteiger charge is -2.10. The van der Waals surface area contributed by atoms with Gasteiger partial charge in [-0.25, -0.2) is 0 Å². The van der Waals surface area contributed by atoms with Crippen molar-refractivity contribution in [2.75, 3.05) is 13.2 Å². The van der Waals surface area contributed by atoms with Crippen molar-refractivity contribution in [3.63, 3.8) is 0 Å². The summed E-state index contributed by atoms with van der Waals surface area (Å²) in [6, 6.07) is 3.56. The maximum Gasteiger partial charge on any atom is 0.309 e. The molecule has 2 rings (SSSR count). The molecule has 6 nitrogen and oxygen atoms in total. The Kier molecular flexibility index (Phi) is 4.85. The minimum Gasteiger partial charge on any atom is -0.376 e. The molecule has 102 valence electrons. The third kappa shape index (κ3) is 4.33. The highest BCUT2D eigenvalue weighted by molar-refractivity contribution is 6.35. The maximum absolute atomic E-state index is 11.5. The minimum atomic E-state index is -0.630. The fourth-order valence-electron chi connectivity index (χ4n) is 1.86. The number of hydrogen-bond acceptors (Lipinski definition) is 4. The zero-order valence-electron chi connectivity index (χ0n) is 10.6. The summed E-state index contributed by atoms with van der Waals surface area (Å²) in [7, 11) is 0. The average molecular weight is 263 g/mol. The van der Waals surface area contributed by atoms with Gasteiger partial charge in [0.25, 0.3) is 0 Å². The van der Waals surface area contributed by atoms with Gasteiger partial charge in [-0.2, -0.15) is 0 Å². The van der Waals surface area contributed by atoms with Crippen LogP contribution in [-0.4, -0.2) is 36.1 Å². The SMILES string of the molecule is O=C(NCc1ccncc1)C(=O)NC[C@H]1CCCO1. The van der Waals surface area contributed by atoms with Crippen LogP contribution in [0.4, 0.5) is 0 Å². The third-order valence-electron chi connectivity index (χ3n) is 2.92. The van der Waals surface area contributed by atoms with E-state index in [1.807, 2.05) is 0 Å². The van der Waals surface area contributed by atoms with Crippen LogP contribution >= 0.6 is 0 Å². The van der Waals surface area contributed by atoms with Gasteiger partial charge >= 0.3 is 11.8 Å². The van der Waals surface area contributed by atoms with Crippen molar-refractivity contribution in [3.8, 4) is 0 Å². The van der Waals surface area contributed by atoms with Gasteiger partial charge in [-0.1, -0.05) is 0 Å². The van der Waals surface area contributed by atoms with Crippen LogP contribution in [0.2, 0.25) is 0 Å². The molecule has 1 saturated heterocycles. The van der Waals surface area contributed by atoms with E-state index < -0.39 is 11.8 Å². The minimum absolute atomic E-state index is 0.0388. The van der Waals surface area contributed by atoms with E-state index in [1.54, 1.807) is 24.5 Å². The number of carbonyl (C=O) groups is 2. The Morgan fingerprint density at radius 1 is 1.26 bits per heavy atom. The lowest BCUT2D eigenvalue weighted by Crippen LogP contribution is -2.42. The lowest BCUT2D eigenvalue weighted by atomic mass is 10.2. The van der Waals surface area contributed by atoms with E-state index in [-0.39, 0.29) is 6.10 Å². The molecule has 0 aromatic carbocycles. The molecule has 0 bridgehead atoms. The first-order chi connectivity index (χ1) is 9.25. The first-order valence-corrected chi connectivity index (χ1v) is 6.32. The lowest BCUT2D eigenvalue weighted by molar-refractivity contribution is -0.139. The highest BCUT2D eigenvalue weighted by atomic mass is 16.5. The van der Waals surface area contributed by atoms with Crippen LogP contribution in [0.5, 0.6) is 0 Å². The van der Waals surface area contributed by atoms with Gasteiger partial charge in [0, 0.05) is 32.1 Å². The largest absolute Gasteiger partial charge is 0.376 e. The van der Waals surface area contributed by atoms with Gasteiger partial charge in [0.05, 0.1) is 6.10 Å².